The fraction of sp³-hybridized carbons (Fsp3) is 0.333. The molecule has 0 aromatic heterocycles. The zero-order chi connectivity index (χ0) is 20.8. The number of carbonyl (C=O) groups excluding carboxylic acids is 2. The van der Waals surface area contributed by atoms with Gasteiger partial charge in [0.25, 0.3) is 0 Å². The van der Waals surface area contributed by atoms with E-state index in [4.69, 9.17) is 4.74 Å². The Labute approximate surface area is 170 Å². The van der Waals surface area contributed by atoms with Gasteiger partial charge in [-0.05, 0) is 41.7 Å². The molecule has 0 saturated carbocycles. The molecule has 0 fully saturated rings. The number of ether oxygens (including phenoxy) is 1. The third-order valence-corrected chi connectivity index (χ3v) is 5.73. The molecule has 29 heavy (non-hydrogen) atoms. The highest BCUT2D eigenvalue weighted by Gasteiger charge is 2.44. The molecule has 0 spiro atoms. The first-order chi connectivity index (χ1) is 13.8. The van der Waals surface area contributed by atoms with Gasteiger partial charge >= 0.3 is 0 Å². The Hall–Kier alpha value is -2.95. The van der Waals surface area contributed by atoms with Gasteiger partial charge in [0.05, 0.1) is 12.8 Å². The minimum absolute atomic E-state index is 0.0611. The van der Waals surface area contributed by atoms with Gasteiger partial charge in [0.15, 0.2) is 5.78 Å². The zero-order valence-corrected chi connectivity index (χ0v) is 16.9. The maximum Gasteiger partial charge on any atom is 0.232 e. The number of hydrogen-bond acceptors (Lipinski definition) is 3. The molecule has 0 N–H and O–H groups in total. The molecule has 4 nitrogen and oxygen atoms in total. The summed E-state index contributed by atoms with van der Waals surface area (Å²) in [5, 5.41) is 0. The topological polar surface area (TPSA) is 46.6 Å². The molecule has 5 heteroatoms. The number of amides is 1. The second kappa shape index (κ2) is 7.14. The number of anilines is 1. The monoisotopic (exact) mass is 393 g/mol. The smallest absolute Gasteiger partial charge is 0.232 e. The van der Waals surface area contributed by atoms with Crippen molar-refractivity contribution in [2.45, 2.75) is 39.0 Å². The minimum atomic E-state index is -0.344. The molecule has 2 aromatic carbocycles. The van der Waals surface area contributed by atoms with Crippen LogP contribution in [0.3, 0.4) is 0 Å². The van der Waals surface area contributed by atoms with Gasteiger partial charge in [-0.3, -0.25) is 14.5 Å². The number of allylic oxidation sites excluding steroid dienone is 2. The summed E-state index contributed by atoms with van der Waals surface area (Å²) in [5.74, 6) is -0.0370. The van der Waals surface area contributed by atoms with Crippen LogP contribution < -0.4 is 9.64 Å². The Kier molecular flexibility index (Phi) is 4.77. The molecule has 2 aromatic rings. The van der Waals surface area contributed by atoms with Crippen LogP contribution in [0, 0.1) is 11.2 Å². The molecule has 4 rings (SSSR count). The Bertz CT molecular complexity index is 1010. The van der Waals surface area contributed by atoms with E-state index >= 15 is 0 Å². The standard InChI is InChI=1S/C24H24FNO3/c1-24(2)13-20-23(21(27)14-24)19(15-7-9-16(25)10-8-15)12-22(28)26(20)17-5-4-6-18(11-17)29-3/h4-11,19H,12-14H2,1-3H3. The summed E-state index contributed by atoms with van der Waals surface area (Å²) in [7, 11) is 1.58. The summed E-state index contributed by atoms with van der Waals surface area (Å²) < 4.78 is 18.8. The molecular formula is C24H24FNO3. The van der Waals surface area contributed by atoms with Crippen molar-refractivity contribution < 1.29 is 18.7 Å². The highest BCUT2D eigenvalue weighted by atomic mass is 19.1. The number of ketones is 1. The van der Waals surface area contributed by atoms with Crippen LogP contribution in [-0.2, 0) is 9.59 Å². The van der Waals surface area contributed by atoms with Crippen molar-refractivity contribution >= 4 is 17.4 Å². The Morgan fingerprint density at radius 3 is 2.48 bits per heavy atom. The summed E-state index contributed by atoms with van der Waals surface area (Å²) in [6.45, 7) is 4.09. The third-order valence-electron chi connectivity index (χ3n) is 5.73. The van der Waals surface area contributed by atoms with Crippen LogP contribution in [-0.4, -0.2) is 18.8 Å². The van der Waals surface area contributed by atoms with Crippen LogP contribution in [0.1, 0.15) is 44.6 Å². The van der Waals surface area contributed by atoms with Crippen LogP contribution in [0.25, 0.3) is 0 Å². The van der Waals surface area contributed by atoms with Crippen LogP contribution in [0.5, 0.6) is 5.75 Å². The third kappa shape index (κ3) is 3.57. The number of methoxy groups -OCH3 is 1. The average Bonchev–Trinajstić information content (AvgIpc) is 2.67. The Morgan fingerprint density at radius 2 is 1.79 bits per heavy atom. The summed E-state index contributed by atoms with van der Waals surface area (Å²) in [6, 6.07) is 13.4. The van der Waals surface area contributed by atoms with Crippen molar-refractivity contribution in [1.82, 2.24) is 0 Å². The molecule has 1 amide bonds. The number of benzene rings is 2. The lowest BCUT2D eigenvalue weighted by molar-refractivity contribution is -0.121. The van der Waals surface area contributed by atoms with E-state index in [1.807, 2.05) is 38.1 Å². The number of halogens is 1. The van der Waals surface area contributed by atoms with Crippen LogP contribution >= 0.6 is 0 Å². The lowest BCUT2D eigenvalue weighted by atomic mass is 9.69. The minimum Gasteiger partial charge on any atom is -0.497 e. The molecule has 1 heterocycles. The van der Waals surface area contributed by atoms with Crippen molar-refractivity contribution in [2.24, 2.45) is 5.41 Å². The van der Waals surface area contributed by atoms with Crippen molar-refractivity contribution in [3.8, 4) is 5.75 Å². The molecule has 0 radical (unpaired) electrons. The first-order valence-electron chi connectivity index (χ1n) is 9.78. The van der Waals surface area contributed by atoms with Crippen molar-refractivity contribution in [3.63, 3.8) is 0 Å². The predicted octanol–water partition coefficient (Wildman–Crippen LogP) is 5.00. The largest absolute Gasteiger partial charge is 0.497 e. The highest BCUT2D eigenvalue weighted by molar-refractivity contribution is 6.07. The second-order valence-corrected chi connectivity index (χ2v) is 8.54. The molecule has 0 saturated heterocycles. The first kappa shape index (κ1) is 19.4. The lowest BCUT2D eigenvalue weighted by Crippen LogP contribution is -2.43. The van der Waals surface area contributed by atoms with Gasteiger partial charge in [-0.15, -0.1) is 0 Å². The zero-order valence-electron chi connectivity index (χ0n) is 16.9. The molecule has 1 atom stereocenters. The van der Waals surface area contributed by atoms with E-state index < -0.39 is 0 Å². The van der Waals surface area contributed by atoms with Gasteiger partial charge in [0, 0.05) is 36.1 Å². The average molecular weight is 393 g/mol. The van der Waals surface area contributed by atoms with E-state index in [9.17, 15) is 14.0 Å². The summed E-state index contributed by atoms with van der Waals surface area (Å²) in [5.41, 5.74) is 2.69. The SMILES string of the molecule is COc1cccc(N2C(=O)CC(c3ccc(F)cc3)C3=C2CC(C)(C)CC3=O)c1. The van der Waals surface area contributed by atoms with E-state index in [2.05, 4.69) is 0 Å². The van der Waals surface area contributed by atoms with E-state index in [0.29, 0.717) is 29.9 Å². The van der Waals surface area contributed by atoms with Gasteiger partial charge in [0.1, 0.15) is 11.6 Å². The van der Waals surface area contributed by atoms with Crippen LogP contribution in [0.4, 0.5) is 10.1 Å². The van der Waals surface area contributed by atoms with Gasteiger partial charge in [0.2, 0.25) is 5.91 Å². The number of hydrogen-bond donors (Lipinski definition) is 0. The normalized spacial score (nSPS) is 21.2. The summed E-state index contributed by atoms with van der Waals surface area (Å²) in [4.78, 5) is 28.2. The summed E-state index contributed by atoms with van der Waals surface area (Å²) >= 11 is 0. The quantitative estimate of drug-likeness (QED) is 0.737. The van der Waals surface area contributed by atoms with Gasteiger partial charge in [-0.1, -0.05) is 32.0 Å². The Balaban J connectivity index is 1.88. The van der Waals surface area contributed by atoms with Crippen molar-refractivity contribution in [3.05, 3.63) is 71.2 Å². The van der Waals surface area contributed by atoms with Crippen molar-refractivity contribution in [1.29, 1.82) is 0 Å². The predicted molar refractivity (Wildman–Crippen MR) is 109 cm³/mol. The second-order valence-electron chi connectivity index (χ2n) is 8.54. The Morgan fingerprint density at radius 1 is 1.07 bits per heavy atom. The van der Waals surface area contributed by atoms with E-state index in [1.54, 1.807) is 24.1 Å². The van der Waals surface area contributed by atoms with E-state index in [1.165, 1.54) is 12.1 Å². The van der Waals surface area contributed by atoms with Gasteiger partial charge in [-0.25, -0.2) is 4.39 Å². The number of Topliss-reactive ketones (excluding diaryl/α,β-unsaturated/α-hetero) is 1. The highest BCUT2D eigenvalue weighted by Crippen LogP contribution is 2.48. The molecule has 1 unspecified atom stereocenters. The maximum atomic E-state index is 13.4. The van der Waals surface area contributed by atoms with E-state index in [-0.39, 0.29) is 35.3 Å². The van der Waals surface area contributed by atoms with Crippen LogP contribution in [0.15, 0.2) is 59.8 Å². The lowest BCUT2D eigenvalue weighted by Gasteiger charge is -2.43. The molecule has 1 aliphatic heterocycles. The van der Waals surface area contributed by atoms with Crippen LogP contribution in [0.2, 0.25) is 0 Å². The molecular weight excluding hydrogens is 369 g/mol. The van der Waals surface area contributed by atoms with E-state index in [0.717, 1.165) is 11.3 Å². The van der Waals surface area contributed by atoms with Crippen molar-refractivity contribution in [2.75, 3.05) is 12.0 Å². The molecule has 1 aliphatic carbocycles. The molecule has 2 aliphatic rings. The molecule has 0 bridgehead atoms. The molecule has 150 valence electrons. The van der Waals surface area contributed by atoms with Gasteiger partial charge < -0.3 is 4.74 Å². The number of nitrogens with zero attached hydrogens (tertiary/aromatic N) is 1. The first-order valence-corrected chi connectivity index (χ1v) is 9.78. The fourth-order valence-corrected chi connectivity index (χ4v) is 4.44. The number of carbonyl (C=O) groups is 2. The van der Waals surface area contributed by atoms with Gasteiger partial charge in [-0.2, -0.15) is 0 Å². The summed E-state index contributed by atoms with van der Waals surface area (Å²) in [6.07, 6.45) is 1.23. The maximum absolute atomic E-state index is 13.4. The fourth-order valence-electron chi connectivity index (χ4n) is 4.44. The number of rotatable bonds is 3.